The van der Waals surface area contributed by atoms with Crippen LogP contribution < -0.4 is 4.74 Å². The molecule has 0 aliphatic heterocycles. The Morgan fingerprint density at radius 3 is 2.43 bits per heavy atom. The van der Waals surface area contributed by atoms with E-state index in [0.29, 0.717) is 12.2 Å². The molecular weight excluding hydrogens is 370 g/mol. The van der Waals surface area contributed by atoms with Crippen molar-refractivity contribution in [2.75, 3.05) is 6.61 Å². The van der Waals surface area contributed by atoms with Gasteiger partial charge in [-0.2, -0.15) is 0 Å². The van der Waals surface area contributed by atoms with Crippen molar-refractivity contribution in [2.45, 2.75) is 13.8 Å². The second-order valence-corrected chi connectivity index (χ2v) is 7.00. The van der Waals surface area contributed by atoms with Gasteiger partial charge in [-0.25, -0.2) is 0 Å². The summed E-state index contributed by atoms with van der Waals surface area (Å²) < 4.78 is 5.67. The van der Waals surface area contributed by atoms with Gasteiger partial charge >= 0.3 is 0 Å². The number of allylic oxidation sites excluding steroid dienone is 1. The van der Waals surface area contributed by atoms with Crippen molar-refractivity contribution in [1.82, 2.24) is 4.98 Å². The summed E-state index contributed by atoms with van der Waals surface area (Å²) in [6.45, 7) is 4.42. The van der Waals surface area contributed by atoms with Crippen molar-refractivity contribution >= 4 is 22.8 Å². The number of fused-ring (bicyclic) bond motifs is 1. The van der Waals surface area contributed by atoms with E-state index in [1.807, 2.05) is 98.8 Å². The number of aryl methyl sites for hydroxylation is 1. The quantitative estimate of drug-likeness (QED) is 0.277. The number of para-hydroxylation sites is 2. The summed E-state index contributed by atoms with van der Waals surface area (Å²) in [6.07, 6.45) is 3.43. The molecule has 0 saturated heterocycles. The van der Waals surface area contributed by atoms with Crippen LogP contribution in [0.25, 0.3) is 28.1 Å². The lowest BCUT2D eigenvalue weighted by Gasteiger charge is -2.14. The Hall–Kier alpha value is -3.72. The molecule has 3 nitrogen and oxygen atoms in total. The highest BCUT2D eigenvalue weighted by molar-refractivity contribution is 6.16. The molecule has 30 heavy (non-hydrogen) atoms. The summed E-state index contributed by atoms with van der Waals surface area (Å²) >= 11 is 0. The lowest BCUT2D eigenvalue weighted by atomic mass is 9.92. The van der Waals surface area contributed by atoms with E-state index < -0.39 is 0 Å². The Bertz CT molecular complexity index is 1230. The van der Waals surface area contributed by atoms with Crippen molar-refractivity contribution in [3.8, 4) is 16.9 Å². The zero-order chi connectivity index (χ0) is 20.9. The van der Waals surface area contributed by atoms with Crippen molar-refractivity contribution in [2.24, 2.45) is 0 Å². The number of ether oxygens (including phenoxy) is 1. The largest absolute Gasteiger partial charge is 0.493 e. The van der Waals surface area contributed by atoms with Crippen LogP contribution in [-0.2, 0) is 0 Å². The van der Waals surface area contributed by atoms with E-state index in [1.165, 1.54) is 0 Å². The Balaban J connectivity index is 1.85. The third kappa shape index (κ3) is 3.87. The predicted molar refractivity (Wildman–Crippen MR) is 123 cm³/mol. The topological polar surface area (TPSA) is 39.2 Å². The molecule has 0 N–H and O–H groups in total. The van der Waals surface area contributed by atoms with Gasteiger partial charge in [0.05, 0.1) is 17.7 Å². The fraction of sp³-hybridized carbons (Fsp3) is 0.111. The first-order valence-electron chi connectivity index (χ1n) is 10.1. The van der Waals surface area contributed by atoms with Gasteiger partial charge in [0.1, 0.15) is 5.75 Å². The molecule has 3 heteroatoms. The molecule has 1 heterocycles. The number of aromatic nitrogens is 1. The normalized spacial score (nSPS) is 11.1. The van der Waals surface area contributed by atoms with Crippen LogP contribution in [-0.4, -0.2) is 17.4 Å². The van der Waals surface area contributed by atoms with Gasteiger partial charge in [-0.15, -0.1) is 0 Å². The molecule has 0 fully saturated rings. The number of pyridine rings is 1. The summed E-state index contributed by atoms with van der Waals surface area (Å²) in [5.74, 6) is 0.691. The molecule has 0 amide bonds. The standard InChI is InChI=1S/C27H23NO2/c1-3-30-25-16-10-7-11-20(25)17-18-24(29)26-19(2)28-23-15-9-8-14-22(23)27(26)21-12-5-4-6-13-21/h4-18H,3H2,1-2H3. The molecule has 0 spiro atoms. The van der Waals surface area contributed by atoms with Gasteiger partial charge in [-0.3, -0.25) is 9.78 Å². The number of rotatable bonds is 6. The maximum absolute atomic E-state index is 13.4. The van der Waals surface area contributed by atoms with Gasteiger partial charge in [0.2, 0.25) is 0 Å². The molecule has 0 saturated carbocycles. The molecule has 0 aliphatic carbocycles. The lowest BCUT2D eigenvalue weighted by Crippen LogP contribution is -2.05. The molecule has 0 bridgehead atoms. The zero-order valence-electron chi connectivity index (χ0n) is 17.1. The van der Waals surface area contributed by atoms with E-state index in [2.05, 4.69) is 0 Å². The Morgan fingerprint density at radius 1 is 0.933 bits per heavy atom. The summed E-state index contributed by atoms with van der Waals surface area (Å²) in [5.41, 5.74) is 5.04. The maximum atomic E-state index is 13.4. The minimum Gasteiger partial charge on any atom is -0.493 e. The Labute approximate surface area is 176 Å². The van der Waals surface area contributed by atoms with E-state index in [1.54, 1.807) is 6.08 Å². The third-order valence-electron chi connectivity index (χ3n) is 5.02. The third-order valence-corrected chi connectivity index (χ3v) is 5.02. The minimum absolute atomic E-state index is 0.0732. The van der Waals surface area contributed by atoms with E-state index >= 15 is 0 Å². The zero-order valence-corrected chi connectivity index (χ0v) is 17.1. The number of hydrogen-bond acceptors (Lipinski definition) is 3. The average molecular weight is 393 g/mol. The molecule has 4 aromatic rings. The van der Waals surface area contributed by atoms with Crippen LogP contribution >= 0.6 is 0 Å². The SMILES string of the molecule is CCOc1ccccc1C=CC(=O)c1c(C)nc2ccccc2c1-c1ccccc1. The summed E-state index contributed by atoms with van der Waals surface area (Å²) in [5, 5.41) is 0.973. The van der Waals surface area contributed by atoms with Crippen LogP contribution in [0.5, 0.6) is 5.75 Å². The molecule has 0 aliphatic rings. The Kier molecular flexibility index (Phi) is 5.71. The highest BCUT2D eigenvalue weighted by Gasteiger charge is 2.18. The molecule has 148 valence electrons. The van der Waals surface area contributed by atoms with Gasteiger partial charge in [0.25, 0.3) is 0 Å². The summed E-state index contributed by atoms with van der Waals surface area (Å²) in [4.78, 5) is 18.1. The number of carbonyl (C=O) groups is 1. The molecule has 0 atom stereocenters. The van der Waals surface area contributed by atoms with Gasteiger partial charge in [0, 0.05) is 22.2 Å². The van der Waals surface area contributed by atoms with Gasteiger partial charge in [0.15, 0.2) is 5.78 Å². The highest BCUT2D eigenvalue weighted by Crippen LogP contribution is 2.33. The van der Waals surface area contributed by atoms with Gasteiger partial charge in [-0.05, 0) is 43.7 Å². The van der Waals surface area contributed by atoms with Crippen LogP contribution in [0.1, 0.15) is 28.5 Å². The van der Waals surface area contributed by atoms with Crippen LogP contribution in [0.15, 0.2) is 84.9 Å². The first-order chi connectivity index (χ1) is 14.7. The summed E-state index contributed by atoms with van der Waals surface area (Å²) in [6, 6.07) is 25.7. The van der Waals surface area contributed by atoms with Gasteiger partial charge in [-0.1, -0.05) is 66.7 Å². The minimum atomic E-state index is -0.0732. The van der Waals surface area contributed by atoms with Crippen LogP contribution in [0.4, 0.5) is 0 Å². The van der Waals surface area contributed by atoms with Crippen molar-refractivity contribution in [1.29, 1.82) is 0 Å². The average Bonchev–Trinajstić information content (AvgIpc) is 2.78. The molecule has 1 aromatic heterocycles. The first kappa shape index (κ1) is 19.6. The van der Waals surface area contributed by atoms with Crippen LogP contribution in [0.3, 0.4) is 0 Å². The second kappa shape index (κ2) is 8.75. The van der Waals surface area contributed by atoms with Crippen molar-refractivity contribution < 1.29 is 9.53 Å². The van der Waals surface area contributed by atoms with E-state index in [9.17, 15) is 4.79 Å². The highest BCUT2D eigenvalue weighted by atomic mass is 16.5. The molecule has 3 aromatic carbocycles. The number of hydrogen-bond donors (Lipinski definition) is 0. The second-order valence-electron chi connectivity index (χ2n) is 7.00. The number of ketones is 1. The molecule has 0 radical (unpaired) electrons. The maximum Gasteiger partial charge on any atom is 0.188 e. The van der Waals surface area contributed by atoms with Gasteiger partial charge < -0.3 is 4.74 Å². The molecule has 0 unspecified atom stereocenters. The van der Waals surface area contributed by atoms with Crippen molar-refractivity contribution in [3.63, 3.8) is 0 Å². The number of benzene rings is 3. The van der Waals surface area contributed by atoms with E-state index in [-0.39, 0.29) is 5.78 Å². The molecular formula is C27H23NO2. The van der Waals surface area contributed by atoms with Crippen LogP contribution in [0.2, 0.25) is 0 Å². The fourth-order valence-electron chi connectivity index (χ4n) is 3.69. The first-order valence-corrected chi connectivity index (χ1v) is 10.1. The Morgan fingerprint density at radius 2 is 1.63 bits per heavy atom. The number of nitrogens with zero attached hydrogens (tertiary/aromatic N) is 1. The number of carbonyl (C=O) groups excluding carboxylic acids is 1. The van der Waals surface area contributed by atoms with Crippen LogP contribution in [0, 0.1) is 6.92 Å². The lowest BCUT2D eigenvalue weighted by molar-refractivity contribution is 0.104. The van der Waals surface area contributed by atoms with E-state index in [4.69, 9.17) is 9.72 Å². The van der Waals surface area contributed by atoms with Crippen molar-refractivity contribution in [3.05, 3.63) is 102 Å². The fourth-order valence-corrected chi connectivity index (χ4v) is 3.69. The molecule has 4 rings (SSSR count). The monoisotopic (exact) mass is 393 g/mol. The predicted octanol–water partition coefficient (Wildman–Crippen LogP) is 6.51. The summed E-state index contributed by atoms with van der Waals surface area (Å²) in [7, 11) is 0. The smallest absolute Gasteiger partial charge is 0.188 e. The van der Waals surface area contributed by atoms with E-state index in [0.717, 1.165) is 39.0 Å².